The van der Waals surface area contributed by atoms with Crippen LogP contribution in [-0.4, -0.2) is 107 Å². The van der Waals surface area contributed by atoms with Gasteiger partial charge in [-0.05, 0) is 43.4 Å². The predicted molar refractivity (Wildman–Crippen MR) is 157 cm³/mol. The van der Waals surface area contributed by atoms with Gasteiger partial charge in [0.05, 0.1) is 23.4 Å². The van der Waals surface area contributed by atoms with Crippen molar-refractivity contribution < 1.29 is 27.5 Å². The van der Waals surface area contributed by atoms with Crippen molar-refractivity contribution in [3.05, 3.63) is 63.0 Å². The van der Waals surface area contributed by atoms with Crippen LogP contribution in [0.2, 0.25) is 0 Å². The Morgan fingerprint density at radius 1 is 1.26 bits per heavy atom. The summed E-state index contributed by atoms with van der Waals surface area (Å²) in [5.41, 5.74) is 0.616. The van der Waals surface area contributed by atoms with Crippen LogP contribution in [0, 0.1) is 12.7 Å². The first kappa shape index (κ1) is 28.4. The highest BCUT2D eigenvalue weighted by Crippen LogP contribution is 2.64. The number of aliphatic carboxylic acids is 1. The number of hydrogen-bond acceptors (Lipinski definition) is 9. The number of fused-ring (bicyclic) bond motifs is 1. The molecular weight excluding hydrogens is 597 g/mol. The summed E-state index contributed by atoms with van der Waals surface area (Å²) in [7, 11) is -3.32. The van der Waals surface area contributed by atoms with Gasteiger partial charge in [-0.2, -0.15) is 0 Å². The number of halogens is 1. The number of carboxylic acids is 1. The zero-order chi connectivity index (χ0) is 30.3. The molecule has 5 fully saturated rings. The van der Waals surface area contributed by atoms with Gasteiger partial charge < -0.3 is 20.2 Å². The standard InChI is InChI=1S/C28H32FN7O5S2/c1-16-18(4-3-5-19(16)29)22-21(25(37)38)20(31-23(32-22)24-30-6-9-42-24)12-34-7-8-35-17(10-34)11-36(26(35)39)28-13-27(14-28,15-28)33-43(2,40)41/h3-6,9,17,22,33H,7-8,10-15H2,1-2H3,(H,31,32)(H,37,38)/t17-,22-,27?,28?/m0/s1. The SMILES string of the molecule is Cc1c(F)cccc1[C@@H]1N=C(c2nccs2)NC(CN2CCN3C(=O)N(C45CC(NS(C)(=O)=O)(C4)C5)C[C@@H]3C2)=C1C(=O)O. The van der Waals surface area contributed by atoms with Crippen LogP contribution in [-0.2, 0) is 14.8 Å². The second kappa shape index (κ2) is 9.81. The second-order valence-electron chi connectivity index (χ2n) is 12.4. The lowest BCUT2D eigenvalue weighted by Crippen LogP contribution is -2.83. The fourth-order valence-electron chi connectivity index (χ4n) is 7.62. The number of thiazole rings is 1. The third-order valence-electron chi connectivity index (χ3n) is 9.39. The quantitative estimate of drug-likeness (QED) is 0.400. The Hall–Kier alpha value is -3.40. The Kier molecular flexibility index (Phi) is 6.47. The molecule has 1 aromatic carbocycles. The zero-order valence-corrected chi connectivity index (χ0v) is 25.3. The van der Waals surface area contributed by atoms with Gasteiger partial charge in [-0.25, -0.2) is 32.1 Å². The van der Waals surface area contributed by atoms with E-state index >= 15 is 0 Å². The van der Waals surface area contributed by atoms with E-state index in [1.54, 1.807) is 25.3 Å². The third-order valence-corrected chi connectivity index (χ3v) is 11.0. The van der Waals surface area contributed by atoms with E-state index in [1.807, 2.05) is 15.2 Å². The Labute approximate surface area is 252 Å². The number of piperazine rings is 1. The molecule has 2 aromatic rings. The number of benzene rings is 1. The molecule has 3 saturated carbocycles. The number of nitrogens with one attached hydrogen (secondary N) is 2. The fraction of sp³-hybridized carbons (Fsp3) is 0.500. The molecule has 2 saturated heterocycles. The highest BCUT2D eigenvalue weighted by atomic mass is 32.2. The molecule has 8 rings (SSSR count). The number of sulfonamides is 1. The topological polar surface area (TPSA) is 148 Å². The number of aliphatic imine (C=N–C) groups is 1. The number of urea groups is 1. The minimum absolute atomic E-state index is 0.0154. The molecule has 1 aromatic heterocycles. The molecule has 3 aliphatic heterocycles. The van der Waals surface area contributed by atoms with Crippen molar-refractivity contribution >= 4 is 39.2 Å². The molecule has 4 heterocycles. The maximum Gasteiger partial charge on any atom is 0.335 e. The van der Waals surface area contributed by atoms with Crippen LogP contribution in [0.25, 0.3) is 0 Å². The lowest BCUT2D eigenvalue weighted by Gasteiger charge is -2.72. The van der Waals surface area contributed by atoms with Crippen LogP contribution in [0.3, 0.4) is 0 Å². The van der Waals surface area contributed by atoms with E-state index < -0.39 is 33.4 Å². The van der Waals surface area contributed by atoms with Gasteiger partial charge in [0, 0.05) is 55.5 Å². The summed E-state index contributed by atoms with van der Waals surface area (Å²) in [6.07, 6.45) is 4.69. The highest BCUT2D eigenvalue weighted by Gasteiger charge is 2.73. The van der Waals surface area contributed by atoms with Crippen LogP contribution >= 0.6 is 11.3 Å². The predicted octanol–water partition coefficient (Wildman–Crippen LogP) is 1.67. The molecule has 0 spiro atoms. The first-order valence-corrected chi connectivity index (χ1v) is 16.9. The van der Waals surface area contributed by atoms with Crippen LogP contribution in [0.15, 0.2) is 46.0 Å². The number of amides is 2. The van der Waals surface area contributed by atoms with Crippen LogP contribution < -0.4 is 10.0 Å². The average Bonchev–Trinajstić information content (AvgIpc) is 3.54. The summed E-state index contributed by atoms with van der Waals surface area (Å²) >= 11 is 1.37. The van der Waals surface area contributed by atoms with E-state index in [4.69, 9.17) is 4.99 Å². The minimum atomic E-state index is -3.32. The van der Waals surface area contributed by atoms with Gasteiger partial charge in [0.1, 0.15) is 11.9 Å². The van der Waals surface area contributed by atoms with Gasteiger partial charge in [0.25, 0.3) is 0 Å². The van der Waals surface area contributed by atoms with E-state index in [1.165, 1.54) is 17.4 Å². The first-order chi connectivity index (χ1) is 20.4. The van der Waals surface area contributed by atoms with Gasteiger partial charge in [0.2, 0.25) is 10.0 Å². The molecule has 2 amide bonds. The molecule has 15 heteroatoms. The molecule has 3 N–H and O–H groups in total. The Bertz CT molecular complexity index is 1670. The van der Waals surface area contributed by atoms with E-state index in [-0.39, 0.29) is 29.7 Å². The normalized spacial score (nSPS) is 30.4. The number of nitrogens with zero attached hydrogens (tertiary/aromatic N) is 5. The Balaban J connectivity index is 1.12. The molecular formula is C28H32FN7O5S2. The lowest BCUT2D eigenvalue weighted by atomic mass is 9.44. The monoisotopic (exact) mass is 629 g/mol. The molecule has 228 valence electrons. The summed E-state index contributed by atoms with van der Waals surface area (Å²) in [4.78, 5) is 41.2. The lowest BCUT2D eigenvalue weighted by molar-refractivity contribution is -0.145. The molecule has 0 radical (unpaired) electrons. The number of rotatable bonds is 8. The minimum Gasteiger partial charge on any atom is -0.478 e. The fourth-order valence-corrected chi connectivity index (χ4v) is 9.21. The first-order valence-electron chi connectivity index (χ1n) is 14.1. The number of carboxylic acid groups (broad SMARTS) is 1. The average molecular weight is 630 g/mol. The van der Waals surface area contributed by atoms with Crippen LogP contribution in [0.4, 0.5) is 9.18 Å². The van der Waals surface area contributed by atoms with Crippen LogP contribution in [0.1, 0.15) is 41.4 Å². The number of aromatic nitrogens is 1. The molecule has 3 aliphatic carbocycles. The summed E-state index contributed by atoms with van der Waals surface area (Å²) in [5, 5.41) is 16.0. The maximum atomic E-state index is 14.6. The number of amidine groups is 1. The Morgan fingerprint density at radius 2 is 2.02 bits per heavy atom. The second-order valence-corrected chi connectivity index (χ2v) is 15.0. The van der Waals surface area contributed by atoms with Crippen molar-refractivity contribution in [2.45, 2.75) is 49.3 Å². The van der Waals surface area contributed by atoms with Crippen molar-refractivity contribution in [3.8, 4) is 0 Å². The van der Waals surface area contributed by atoms with Crippen molar-refractivity contribution in [1.82, 2.24) is 29.7 Å². The van der Waals surface area contributed by atoms with Gasteiger partial charge in [-0.3, -0.25) is 9.89 Å². The largest absolute Gasteiger partial charge is 0.478 e. The van der Waals surface area contributed by atoms with E-state index in [0.717, 1.165) is 6.26 Å². The number of hydrogen-bond donors (Lipinski definition) is 3. The van der Waals surface area contributed by atoms with E-state index in [0.29, 0.717) is 73.1 Å². The highest BCUT2D eigenvalue weighted by molar-refractivity contribution is 7.88. The van der Waals surface area contributed by atoms with E-state index in [2.05, 4.69) is 19.9 Å². The van der Waals surface area contributed by atoms with Crippen molar-refractivity contribution in [1.29, 1.82) is 0 Å². The molecule has 0 unspecified atom stereocenters. The zero-order valence-electron chi connectivity index (χ0n) is 23.7. The summed E-state index contributed by atoms with van der Waals surface area (Å²) in [6.45, 7) is 4.04. The summed E-state index contributed by atoms with van der Waals surface area (Å²) < 4.78 is 40.9. The van der Waals surface area contributed by atoms with Gasteiger partial charge in [0.15, 0.2) is 10.8 Å². The van der Waals surface area contributed by atoms with E-state index in [9.17, 15) is 27.5 Å². The van der Waals surface area contributed by atoms with Crippen molar-refractivity contribution in [3.63, 3.8) is 0 Å². The third kappa shape index (κ3) is 4.73. The van der Waals surface area contributed by atoms with Crippen LogP contribution in [0.5, 0.6) is 0 Å². The molecule has 6 aliphatic rings. The van der Waals surface area contributed by atoms with Crippen molar-refractivity contribution in [2.24, 2.45) is 4.99 Å². The molecule has 43 heavy (non-hydrogen) atoms. The molecule has 2 atom stereocenters. The summed E-state index contributed by atoms with van der Waals surface area (Å²) in [5.74, 6) is -1.13. The number of carbonyl (C=O) groups excluding carboxylic acids is 1. The maximum absolute atomic E-state index is 14.6. The molecule has 2 bridgehead atoms. The Morgan fingerprint density at radius 3 is 2.70 bits per heavy atom. The van der Waals surface area contributed by atoms with Gasteiger partial charge in [-0.1, -0.05) is 12.1 Å². The molecule has 12 nitrogen and oxygen atoms in total. The van der Waals surface area contributed by atoms with Crippen molar-refractivity contribution in [2.75, 3.05) is 39.0 Å². The van der Waals surface area contributed by atoms with Gasteiger partial charge in [-0.15, -0.1) is 11.3 Å². The smallest absolute Gasteiger partial charge is 0.335 e. The summed E-state index contributed by atoms with van der Waals surface area (Å²) in [6, 6.07) is 3.60. The van der Waals surface area contributed by atoms with Gasteiger partial charge >= 0.3 is 12.0 Å². The number of carbonyl (C=O) groups is 2.